The molecule has 0 amide bonds. The molecule has 0 saturated heterocycles. The zero-order chi connectivity index (χ0) is 17.6. The molecule has 0 unspecified atom stereocenters. The van der Waals surface area contributed by atoms with Crippen LogP contribution in [-0.2, 0) is 13.0 Å². The minimum atomic E-state index is -0.201. The lowest BCUT2D eigenvalue weighted by Gasteiger charge is -2.32. The van der Waals surface area contributed by atoms with Crippen LogP contribution < -0.4 is 5.32 Å². The van der Waals surface area contributed by atoms with E-state index in [1.807, 2.05) is 12.1 Å². The molecule has 132 valence electrons. The van der Waals surface area contributed by atoms with E-state index in [0.717, 1.165) is 35.6 Å². The molecule has 4 heteroatoms. The average Bonchev–Trinajstić information content (AvgIpc) is 3.16. The number of nitrogens with one attached hydrogen (secondary N) is 1. The van der Waals surface area contributed by atoms with Gasteiger partial charge in [0.15, 0.2) is 5.11 Å². The van der Waals surface area contributed by atoms with Crippen molar-refractivity contribution >= 4 is 23.0 Å². The van der Waals surface area contributed by atoms with E-state index in [9.17, 15) is 4.39 Å². The molecule has 1 aliphatic carbocycles. The first kappa shape index (κ1) is 17.9. The number of hydrogen-bond donors (Lipinski definition) is 1. The van der Waals surface area contributed by atoms with Crippen molar-refractivity contribution in [3.63, 3.8) is 0 Å². The molecule has 3 rings (SSSR count). The van der Waals surface area contributed by atoms with E-state index >= 15 is 0 Å². The van der Waals surface area contributed by atoms with Crippen molar-refractivity contribution in [2.24, 2.45) is 0 Å². The maximum absolute atomic E-state index is 13.2. The topological polar surface area (TPSA) is 15.3 Å². The Balaban J connectivity index is 1.73. The Morgan fingerprint density at radius 1 is 1.04 bits per heavy atom. The molecular formula is C21H25FN2S. The van der Waals surface area contributed by atoms with Crippen LogP contribution in [0.3, 0.4) is 0 Å². The second-order valence-corrected chi connectivity index (χ2v) is 7.06. The predicted octanol–water partition coefficient (Wildman–Crippen LogP) is 5.53. The summed E-state index contributed by atoms with van der Waals surface area (Å²) in [5.74, 6) is -0.201. The summed E-state index contributed by atoms with van der Waals surface area (Å²) in [6.07, 6.45) is 5.86. The van der Waals surface area contributed by atoms with Crippen LogP contribution in [0.15, 0.2) is 48.5 Å². The van der Waals surface area contributed by atoms with E-state index in [4.69, 9.17) is 12.2 Å². The van der Waals surface area contributed by atoms with E-state index in [1.54, 1.807) is 0 Å². The number of hydrogen-bond acceptors (Lipinski definition) is 1. The summed E-state index contributed by atoms with van der Waals surface area (Å²) in [6.45, 7) is 2.86. The summed E-state index contributed by atoms with van der Waals surface area (Å²) in [5.41, 5.74) is 3.42. The van der Waals surface area contributed by atoms with Gasteiger partial charge >= 0.3 is 0 Å². The van der Waals surface area contributed by atoms with Gasteiger partial charge in [-0.2, -0.15) is 0 Å². The fourth-order valence-electron chi connectivity index (χ4n) is 3.39. The van der Waals surface area contributed by atoms with E-state index in [1.165, 1.54) is 30.5 Å². The van der Waals surface area contributed by atoms with Crippen LogP contribution in [0.25, 0.3) is 0 Å². The van der Waals surface area contributed by atoms with Crippen LogP contribution in [0, 0.1) is 5.82 Å². The summed E-state index contributed by atoms with van der Waals surface area (Å²) in [5, 5.41) is 4.14. The molecule has 1 N–H and O–H groups in total. The van der Waals surface area contributed by atoms with Crippen LogP contribution in [0.5, 0.6) is 0 Å². The first-order chi connectivity index (χ1) is 12.2. The minimum absolute atomic E-state index is 0.201. The van der Waals surface area contributed by atoms with Gasteiger partial charge in [-0.25, -0.2) is 4.39 Å². The molecule has 0 bridgehead atoms. The van der Waals surface area contributed by atoms with Crippen LogP contribution in [0.4, 0.5) is 10.1 Å². The van der Waals surface area contributed by atoms with Crippen LogP contribution in [-0.4, -0.2) is 16.1 Å². The zero-order valence-corrected chi connectivity index (χ0v) is 15.5. The molecule has 2 nitrogen and oxygen atoms in total. The van der Waals surface area contributed by atoms with Gasteiger partial charge in [0, 0.05) is 18.3 Å². The summed E-state index contributed by atoms with van der Waals surface area (Å²) in [7, 11) is 0. The SMILES string of the molecule is CCc1ccc(NC(=S)N(Cc2ccc(F)cc2)C2CCCC2)cc1. The normalized spacial score (nSPS) is 14.5. The first-order valence-electron chi connectivity index (χ1n) is 9.06. The number of aryl methyl sites for hydroxylation is 1. The van der Waals surface area contributed by atoms with Gasteiger partial charge in [0.25, 0.3) is 0 Å². The summed E-state index contributed by atoms with van der Waals surface area (Å²) < 4.78 is 13.2. The van der Waals surface area contributed by atoms with Crippen LogP contribution in [0.1, 0.15) is 43.7 Å². The zero-order valence-electron chi connectivity index (χ0n) is 14.7. The van der Waals surface area contributed by atoms with E-state index < -0.39 is 0 Å². The van der Waals surface area contributed by atoms with Crippen molar-refractivity contribution in [2.75, 3.05) is 5.32 Å². The number of nitrogens with zero attached hydrogens (tertiary/aromatic N) is 1. The Morgan fingerprint density at radius 3 is 2.24 bits per heavy atom. The summed E-state index contributed by atoms with van der Waals surface area (Å²) in [4.78, 5) is 2.27. The average molecular weight is 357 g/mol. The van der Waals surface area contributed by atoms with Crippen molar-refractivity contribution in [1.82, 2.24) is 4.90 Å². The van der Waals surface area contributed by atoms with Crippen molar-refractivity contribution in [2.45, 2.75) is 51.6 Å². The fourth-order valence-corrected chi connectivity index (χ4v) is 3.72. The Bertz CT molecular complexity index is 691. The third-order valence-electron chi connectivity index (χ3n) is 4.91. The largest absolute Gasteiger partial charge is 0.342 e. The second-order valence-electron chi connectivity index (χ2n) is 6.67. The number of anilines is 1. The molecular weight excluding hydrogens is 331 g/mol. The van der Waals surface area contributed by atoms with Gasteiger partial charge < -0.3 is 10.2 Å². The van der Waals surface area contributed by atoms with Gasteiger partial charge in [-0.15, -0.1) is 0 Å². The lowest BCUT2D eigenvalue weighted by molar-refractivity contribution is 0.312. The Morgan fingerprint density at radius 2 is 1.64 bits per heavy atom. The molecule has 0 spiro atoms. The van der Waals surface area contributed by atoms with Gasteiger partial charge in [0.2, 0.25) is 0 Å². The monoisotopic (exact) mass is 356 g/mol. The smallest absolute Gasteiger partial charge is 0.173 e. The summed E-state index contributed by atoms with van der Waals surface area (Å²) >= 11 is 5.72. The third kappa shape index (κ3) is 4.79. The molecule has 0 radical (unpaired) electrons. The number of benzene rings is 2. The van der Waals surface area contributed by atoms with Crippen molar-refractivity contribution in [3.05, 3.63) is 65.5 Å². The molecule has 2 aromatic rings. The first-order valence-corrected chi connectivity index (χ1v) is 9.47. The van der Waals surface area contributed by atoms with Gasteiger partial charge in [-0.3, -0.25) is 0 Å². The molecule has 0 heterocycles. The predicted molar refractivity (Wildman–Crippen MR) is 106 cm³/mol. The lowest BCUT2D eigenvalue weighted by Crippen LogP contribution is -2.40. The van der Waals surface area contributed by atoms with Crippen molar-refractivity contribution in [1.29, 1.82) is 0 Å². The number of halogens is 1. The molecule has 1 aliphatic rings. The molecule has 2 aromatic carbocycles. The minimum Gasteiger partial charge on any atom is -0.342 e. The molecule has 1 saturated carbocycles. The maximum atomic E-state index is 13.2. The fraction of sp³-hybridized carbons (Fsp3) is 0.381. The van der Waals surface area contributed by atoms with E-state index in [2.05, 4.69) is 41.4 Å². The molecule has 1 fully saturated rings. The van der Waals surface area contributed by atoms with Gasteiger partial charge in [0.05, 0.1) is 0 Å². The Labute approximate surface area is 155 Å². The van der Waals surface area contributed by atoms with E-state index in [-0.39, 0.29) is 5.82 Å². The Hall–Kier alpha value is -1.94. The van der Waals surface area contributed by atoms with Gasteiger partial charge in [-0.1, -0.05) is 44.0 Å². The van der Waals surface area contributed by atoms with Crippen LogP contribution >= 0.6 is 12.2 Å². The highest BCUT2D eigenvalue weighted by atomic mass is 32.1. The standard InChI is InChI=1S/C21H25FN2S/c1-2-16-9-13-19(14-10-16)23-21(25)24(20-5-3-4-6-20)15-17-7-11-18(22)12-8-17/h7-14,20H,2-6,15H2,1H3,(H,23,25). The Kier molecular flexibility index (Phi) is 6.03. The summed E-state index contributed by atoms with van der Waals surface area (Å²) in [6, 6.07) is 15.6. The van der Waals surface area contributed by atoms with E-state index in [0.29, 0.717) is 12.6 Å². The van der Waals surface area contributed by atoms with Crippen LogP contribution in [0.2, 0.25) is 0 Å². The number of rotatable bonds is 5. The van der Waals surface area contributed by atoms with Crippen molar-refractivity contribution < 1.29 is 4.39 Å². The quantitative estimate of drug-likeness (QED) is 0.709. The highest BCUT2D eigenvalue weighted by molar-refractivity contribution is 7.80. The maximum Gasteiger partial charge on any atom is 0.173 e. The molecule has 0 aromatic heterocycles. The molecule has 0 aliphatic heterocycles. The number of thiocarbonyl (C=S) groups is 1. The third-order valence-corrected chi connectivity index (χ3v) is 5.24. The second kappa shape index (κ2) is 8.43. The molecule has 25 heavy (non-hydrogen) atoms. The highest BCUT2D eigenvalue weighted by Gasteiger charge is 2.24. The molecule has 0 atom stereocenters. The lowest BCUT2D eigenvalue weighted by atomic mass is 10.1. The van der Waals surface area contributed by atoms with Gasteiger partial charge in [-0.05, 0) is 66.9 Å². The van der Waals surface area contributed by atoms with Gasteiger partial charge in [0.1, 0.15) is 5.82 Å². The highest BCUT2D eigenvalue weighted by Crippen LogP contribution is 2.26. The van der Waals surface area contributed by atoms with Crippen molar-refractivity contribution in [3.8, 4) is 0 Å².